The molecule has 5 nitrogen and oxygen atoms in total. The van der Waals surface area contributed by atoms with Crippen LogP contribution >= 0.6 is 0 Å². The second-order valence-electron chi connectivity index (χ2n) is 7.53. The van der Waals surface area contributed by atoms with E-state index in [-0.39, 0.29) is 0 Å². The highest BCUT2D eigenvalue weighted by atomic mass is 32.2. The topological polar surface area (TPSA) is 53.9 Å². The molecule has 4 rings (SSSR count). The van der Waals surface area contributed by atoms with Gasteiger partial charge >= 0.3 is 0 Å². The number of hydrogen-bond acceptors (Lipinski definition) is 3. The quantitative estimate of drug-likeness (QED) is 0.822. The van der Waals surface area contributed by atoms with Crippen molar-refractivity contribution < 1.29 is 13.3 Å². The van der Waals surface area contributed by atoms with Gasteiger partial charge in [-0.1, -0.05) is 6.07 Å². The Morgan fingerprint density at radius 1 is 1.00 bits per heavy atom. The fraction of sp³-hybridized carbons (Fsp3) is 0.429. The number of piperazine rings is 1. The van der Waals surface area contributed by atoms with Gasteiger partial charge in [0.2, 0.25) is 0 Å². The molecule has 0 bridgehead atoms. The predicted molar refractivity (Wildman–Crippen MR) is 109 cm³/mol. The summed E-state index contributed by atoms with van der Waals surface area (Å²) >= 11 is 0. The van der Waals surface area contributed by atoms with Crippen LogP contribution in [-0.4, -0.2) is 41.1 Å². The lowest BCUT2D eigenvalue weighted by atomic mass is 10.1. The highest BCUT2D eigenvalue weighted by Gasteiger charge is 2.20. The molecule has 2 aromatic carbocycles. The van der Waals surface area contributed by atoms with Crippen molar-refractivity contribution in [3.8, 4) is 0 Å². The van der Waals surface area contributed by atoms with Crippen LogP contribution < -0.4 is 14.5 Å². The molecular formula is C21H28N3O2S+. The number of fused-ring (bicyclic) bond motifs is 1. The van der Waals surface area contributed by atoms with E-state index < -0.39 is 10.0 Å². The first-order valence-electron chi connectivity index (χ1n) is 9.88. The lowest BCUT2D eigenvalue weighted by Gasteiger charge is -2.33. The number of aryl methyl sites for hydroxylation is 2. The standard InChI is InChI=1S/C21H27N3O2S/c1-2-23-12-14-24(15-13-23)20-9-7-19(8-10-20)22-27(25,26)21-11-6-17-4-3-5-18(17)16-21/h6-11,16,22H,2-5,12-15H2,1H3/p+1. The van der Waals surface area contributed by atoms with Gasteiger partial charge in [-0.15, -0.1) is 0 Å². The van der Waals surface area contributed by atoms with Crippen LogP contribution in [0.15, 0.2) is 47.4 Å². The van der Waals surface area contributed by atoms with Gasteiger partial charge in [0.25, 0.3) is 10.0 Å². The third-order valence-corrected chi connectivity index (χ3v) is 7.21. The summed E-state index contributed by atoms with van der Waals surface area (Å²) in [7, 11) is -3.55. The zero-order valence-corrected chi connectivity index (χ0v) is 16.7. The van der Waals surface area contributed by atoms with E-state index in [1.165, 1.54) is 17.7 Å². The number of rotatable bonds is 5. The maximum Gasteiger partial charge on any atom is 0.261 e. The smallest absolute Gasteiger partial charge is 0.261 e. The van der Waals surface area contributed by atoms with Gasteiger partial charge in [-0.3, -0.25) is 4.72 Å². The van der Waals surface area contributed by atoms with Crippen LogP contribution in [0.4, 0.5) is 11.4 Å². The summed E-state index contributed by atoms with van der Waals surface area (Å²) in [6.45, 7) is 7.81. The fourth-order valence-electron chi connectivity index (χ4n) is 4.10. The summed E-state index contributed by atoms with van der Waals surface area (Å²) in [5, 5.41) is 0. The SMILES string of the molecule is CC[NH+]1CCN(c2ccc(NS(=O)(=O)c3ccc4c(c3)CCC4)cc2)CC1. The lowest BCUT2D eigenvalue weighted by Crippen LogP contribution is -3.14. The Bertz CT molecular complexity index is 902. The summed E-state index contributed by atoms with van der Waals surface area (Å²) < 4.78 is 28.2. The molecule has 1 aliphatic carbocycles. The molecule has 2 aromatic rings. The predicted octanol–water partition coefficient (Wildman–Crippen LogP) is 1.70. The Morgan fingerprint density at radius 3 is 2.41 bits per heavy atom. The Kier molecular flexibility index (Phi) is 5.10. The zero-order valence-electron chi connectivity index (χ0n) is 15.9. The minimum Gasteiger partial charge on any atom is -0.360 e. The van der Waals surface area contributed by atoms with E-state index in [1.54, 1.807) is 11.0 Å². The fourth-order valence-corrected chi connectivity index (χ4v) is 5.21. The monoisotopic (exact) mass is 386 g/mol. The first-order valence-corrected chi connectivity index (χ1v) is 11.4. The molecule has 0 aromatic heterocycles. The van der Waals surface area contributed by atoms with Gasteiger partial charge in [-0.05, 0) is 73.7 Å². The number of likely N-dealkylation sites (N-methyl/N-ethyl adjacent to an activating group) is 1. The highest BCUT2D eigenvalue weighted by molar-refractivity contribution is 7.92. The Hall–Kier alpha value is -2.05. The van der Waals surface area contributed by atoms with E-state index >= 15 is 0 Å². The largest absolute Gasteiger partial charge is 0.360 e. The molecule has 1 fully saturated rings. The number of anilines is 2. The van der Waals surface area contributed by atoms with Crippen LogP contribution in [0.5, 0.6) is 0 Å². The number of nitrogens with one attached hydrogen (secondary N) is 2. The Labute approximate surface area is 162 Å². The molecule has 144 valence electrons. The molecule has 1 heterocycles. The summed E-state index contributed by atoms with van der Waals surface area (Å²) in [6.07, 6.45) is 3.14. The van der Waals surface area contributed by atoms with E-state index in [0.29, 0.717) is 10.6 Å². The van der Waals surface area contributed by atoms with Gasteiger partial charge in [0, 0.05) is 11.4 Å². The number of hydrogen-bond donors (Lipinski definition) is 2. The summed E-state index contributed by atoms with van der Waals surface area (Å²) in [6, 6.07) is 13.2. The van der Waals surface area contributed by atoms with E-state index in [2.05, 4.69) is 16.5 Å². The van der Waals surface area contributed by atoms with E-state index in [1.807, 2.05) is 36.4 Å². The maximum atomic E-state index is 12.7. The summed E-state index contributed by atoms with van der Waals surface area (Å²) in [5.41, 5.74) is 4.22. The lowest BCUT2D eigenvalue weighted by molar-refractivity contribution is -0.898. The minimum absolute atomic E-state index is 0.353. The first kappa shape index (κ1) is 18.3. The highest BCUT2D eigenvalue weighted by Crippen LogP contribution is 2.26. The summed E-state index contributed by atoms with van der Waals surface area (Å²) in [5.74, 6) is 0. The molecule has 2 aliphatic rings. The van der Waals surface area contributed by atoms with Crippen molar-refractivity contribution in [1.29, 1.82) is 0 Å². The number of nitrogens with zero attached hydrogens (tertiary/aromatic N) is 1. The Balaban J connectivity index is 1.45. The molecular weight excluding hydrogens is 358 g/mol. The van der Waals surface area contributed by atoms with Crippen LogP contribution in [0.3, 0.4) is 0 Å². The molecule has 0 radical (unpaired) electrons. The van der Waals surface area contributed by atoms with Gasteiger partial charge in [0.15, 0.2) is 0 Å². The van der Waals surface area contributed by atoms with Crippen molar-refractivity contribution in [2.75, 3.05) is 42.3 Å². The van der Waals surface area contributed by atoms with Gasteiger partial charge in [0.1, 0.15) is 0 Å². The third kappa shape index (κ3) is 3.96. The molecule has 0 unspecified atom stereocenters. The van der Waals surface area contributed by atoms with Crippen molar-refractivity contribution in [3.63, 3.8) is 0 Å². The van der Waals surface area contributed by atoms with Crippen LogP contribution in [0.1, 0.15) is 24.5 Å². The average molecular weight is 387 g/mol. The minimum atomic E-state index is -3.55. The molecule has 1 aliphatic heterocycles. The van der Waals surface area contributed by atoms with Crippen LogP contribution in [-0.2, 0) is 22.9 Å². The molecule has 1 saturated heterocycles. The van der Waals surface area contributed by atoms with E-state index in [9.17, 15) is 8.42 Å². The average Bonchev–Trinajstić information content (AvgIpc) is 3.16. The van der Waals surface area contributed by atoms with Crippen molar-refractivity contribution >= 4 is 21.4 Å². The van der Waals surface area contributed by atoms with Crippen molar-refractivity contribution in [3.05, 3.63) is 53.6 Å². The second kappa shape index (κ2) is 7.52. The van der Waals surface area contributed by atoms with Crippen molar-refractivity contribution in [1.82, 2.24) is 0 Å². The molecule has 0 saturated carbocycles. The van der Waals surface area contributed by atoms with E-state index in [0.717, 1.165) is 51.1 Å². The Morgan fingerprint density at radius 2 is 1.70 bits per heavy atom. The molecule has 0 atom stereocenters. The summed E-state index contributed by atoms with van der Waals surface area (Å²) in [4.78, 5) is 4.37. The van der Waals surface area contributed by atoms with Crippen LogP contribution in [0, 0.1) is 0 Å². The van der Waals surface area contributed by atoms with Crippen molar-refractivity contribution in [2.45, 2.75) is 31.1 Å². The molecule has 2 N–H and O–H groups in total. The number of sulfonamides is 1. The second-order valence-corrected chi connectivity index (χ2v) is 9.21. The van der Waals surface area contributed by atoms with Crippen LogP contribution in [0.25, 0.3) is 0 Å². The van der Waals surface area contributed by atoms with Gasteiger partial charge in [-0.25, -0.2) is 8.42 Å². The van der Waals surface area contributed by atoms with Gasteiger partial charge in [0.05, 0.1) is 37.6 Å². The third-order valence-electron chi connectivity index (χ3n) is 5.84. The van der Waals surface area contributed by atoms with Gasteiger partial charge in [-0.2, -0.15) is 0 Å². The molecule has 27 heavy (non-hydrogen) atoms. The molecule has 6 heteroatoms. The van der Waals surface area contributed by atoms with Crippen LogP contribution in [0.2, 0.25) is 0 Å². The van der Waals surface area contributed by atoms with Gasteiger partial charge < -0.3 is 9.80 Å². The molecule has 0 spiro atoms. The first-order chi connectivity index (χ1) is 13.0. The maximum absolute atomic E-state index is 12.7. The number of benzene rings is 2. The molecule has 0 amide bonds. The van der Waals surface area contributed by atoms with Crippen molar-refractivity contribution in [2.24, 2.45) is 0 Å². The number of quaternary nitrogens is 1. The normalized spacial score (nSPS) is 17.7. The van der Waals surface area contributed by atoms with E-state index in [4.69, 9.17) is 0 Å². The zero-order chi connectivity index (χ0) is 18.9.